The number of hydrogen-bond acceptors (Lipinski definition) is 5. The molecule has 0 aliphatic carbocycles. The molecule has 120 valence electrons. The third-order valence-corrected chi connectivity index (χ3v) is 3.72. The minimum Gasteiger partial charge on any atom is -0.408 e. The van der Waals surface area contributed by atoms with E-state index >= 15 is 0 Å². The number of rotatable bonds is 3. The molecule has 8 heteroatoms. The van der Waals surface area contributed by atoms with Gasteiger partial charge >= 0.3 is 5.76 Å². The number of nitrogens with one attached hydrogen (secondary N) is 1. The predicted octanol–water partition coefficient (Wildman–Crippen LogP) is 0.998. The van der Waals surface area contributed by atoms with Crippen molar-refractivity contribution in [3.05, 3.63) is 28.7 Å². The maximum Gasteiger partial charge on any atom is 0.419 e. The first-order valence-corrected chi connectivity index (χ1v) is 6.84. The van der Waals surface area contributed by atoms with Gasteiger partial charge in [0.1, 0.15) is 6.10 Å². The van der Waals surface area contributed by atoms with Crippen LogP contribution in [-0.2, 0) is 16.6 Å². The van der Waals surface area contributed by atoms with Crippen LogP contribution in [0.1, 0.15) is 12.8 Å². The first kappa shape index (κ1) is 16.5. The molecule has 1 aromatic heterocycles. The van der Waals surface area contributed by atoms with E-state index in [-0.39, 0.29) is 24.4 Å². The molecule has 0 bridgehead atoms. The van der Waals surface area contributed by atoms with Gasteiger partial charge in [-0.1, -0.05) is 0 Å². The zero-order valence-corrected chi connectivity index (χ0v) is 12.9. The van der Waals surface area contributed by atoms with Crippen LogP contribution < -0.4 is 16.8 Å². The second-order valence-corrected chi connectivity index (χ2v) is 5.16. The van der Waals surface area contributed by atoms with Gasteiger partial charge in [-0.3, -0.25) is 9.36 Å². The number of hydrogen-bond donors (Lipinski definition) is 2. The number of nitrogens with two attached hydrogens (primary N) is 1. The highest BCUT2D eigenvalue weighted by Crippen LogP contribution is 2.22. The number of anilines is 1. The Morgan fingerprint density at radius 3 is 2.91 bits per heavy atom. The van der Waals surface area contributed by atoms with Crippen molar-refractivity contribution in [2.75, 3.05) is 11.9 Å². The number of amides is 1. The van der Waals surface area contributed by atoms with E-state index in [4.69, 9.17) is 14.9 Å². The standard InChI is InChI=1S/C14H17N3O4.ClH/c1-17-10-4-2-8(6-12(10)21-14(17)19)16-13(18)11-5-3-9(7-15)20-11;/h2,4,6,9,11H,3,5,7,15H2,1H3,(H,16,18);1H/t9-,11+;/m1./s1. The Morgan fingerprint density at radius 1 is 1.45 bits per heavy atom. The van der Waals surface area contributed by atoms with Crippen molar-refractivity contribution in [3.63, 3.8) is 0 Å². The van der Waals surface area contributed by atoms with E-state index in [1.165, 1.54) is 4.57 Å². The van der Waals surface area contributed by atoms with Crippen molar-refractivity contribution >= 4 is 35.1 Å². The van der Waals surface area contributed by atoms with E-state index in [1.807, 2.05) is 0 Å². The van der Waals surface area contributed by atoms with Gasteiger partial charge in [0.25, 0.3) is 5.91 Å². The molecule has 0 saturated carbocycles. The SMILES string of the molecule is Cl.Cn1c(=O)oc2cc(NC(=O)[C@@H]3CC[C@H](CN)O3)ccc21. The zero-order valence-electron chi connectivity index (χ0n) is 12.1. The summed E-state index contributed by atoms with van der Waals surface area (Å²) in [6.45, 7) is 0.422. The van der Waals surface area contributed by atoms with Crippen molar-refractivity contribution < 1.29 is 13.9 Å². The molecule has 3 rings (SSSR count). The molecule has 1 amide bonds. The molecule has 1 aliphatic rings. The van der Waals surface area contributed by atoms with E-state index in [1.54, 1.807) is 25.2 Å². The maximum absolute atomic E-state index is 12.1. The van der Waals surface area contributed by atoms with Gasteiger partial charge in [-0.05, 0) is 25.0 Å². The van der Waals surface area contributed by atoms with Gasteiger partial charge in [0, 0.05) is 25.3 Å². The molecule has 3 N–H and O–H groups in total. The summed E-state index contributed by atoms with van der Waals surface area (Å²) in [5.74, 6) is -0.637. The average molecular weight is 328 g/mol. The molecule has 1 aliphatic heterocycles. The fourth-order valence-electron chi connectivity index (χ4n) is 2.51. The van der Waals surface area contributed by atoms with E-state index < -0.39 is 11.9 Å². The highest BCUT2D eigenvalue weighted by molar-refractivity contribution is 5.95. The Balaban J connectivity index is 0.00000176. The summed E-state index contributed by atoms with van der Waals surface area (Å²) in [5, 5.41) is 2.77. The molecule has 2 atom stereocenters. The summed E-state index contributed by atoms with van der Waals surface area (Å²) < 4.78 is 12.0. The molecule has 1 saturated heterocycles. The summed E-state index contributed by atoms with van der Waals surface area (Å²) in [6, 6.07) is 5.09. The van der Waals surface area contributed by atoms with Gasteiger partial charge in [-0.2, -0.15) is 0 Å². The van der Waals surface area contributed by atoms with Crippen LogP contribution in [0.15, 0.2) is 27.4 Å². The number of nitrogens with zero attached hydrogens (tertiary/aromatic N) is 1. The number of aromatic nitrogens is 1. The Kier molecular flexibility index (Phi) is 4.90. The third kappa shape index (κ3) is 3.01. The van der Waals surface area contributed by atoms with Gasteiger partial charge < -0.3 is 20.2 Å². The number of oxazole rings is 1. The van der Waals surface area contributed by atoms with Crippen LogP contribution in [0.3, 0.4) is 0 Å². The van der Waals surface area contributed by atoms with Crippen LogP contribution in [0.4, 0.5) is 5.69 Å². The molecule has 2 heterocycles. The lowest BCUT2D eigenvalue weighted by Crippen LogP contribution is -2.29. The molecule has 22 heavy (non-hydrogen) atoms. The minimum atomic E-state index is -0.475. The minimum absolute atomic E-state index is 0. The molecule has 1 aromatic carbocycles. The number of benzene rings is 1. The second-order valence-electron chi connectivity index (χ2n) is 5.16. The summed E-state index contributed by atoms with van der Waals surface area (Å²) >= 11 is 0. The summed E-state index contributed by atoms with van der Waals surface area (Å²) in [4.78, 5) is 23.5. The van der Waals surface area contributed by atoms with E-state index in [0.717, 1.165) is 6.42 Å². The van der Waals surface area contributed by atoms with Gasteiger partial charge in [0.15, 0.2) is 5.58 Å². The fraction of sp³-hybridized carbons (Fsp3) is 0.429. The van der Waals surface area contributed by atoms with Crippen LogP contribution >= 0.6 is 12.4 Å². The number of ether oxygens (including phenoxy) is 1. The zero-order chi connectivity index (χ0) is 15.0. The quantitative estimate of drug-likeness (QED) is 0.876. The highest BCUT2D eigenvalue weighted by atomic mass is 35.5. The number of fused-ring (bicyclic) bond motifs is 1. The lowest BCUT2D eigenvalue weighted by atomic mass is 10.2. The molecule has 0 spiro atoms. The monoisotopic (exact) mass is 327 g/mol. The topological polar surface area (TPSA) is 99.5 Å². The molecule has 2 aromatic rings. The van der Waals surface area contributed by atoms with Crippen LogP contribution in [0.25, 0.3) is 11.1 Å². The number of carbonyl (C=O) groups is 1. The largest absolute Gasteiger partial charge is 0.419 e. The van der Waals surface area contributed by atoms with Crippen molar-refractivity contribution in [3.8, 4) is 0 Å². The molecule has 1 fully saturated rings. The van der Waals surface area contributed by atoms with Gasteiger partial charge in [0.05, 0.1) is 11.6 Å². The molecular formula is C14H18ClN3O4. The number of aryl methyl sites for hydroxylation is 1. The van der Waals surface area contributed by atoms with Crippen LogP contribution in [0.2, 0.25) is 0 Å². The number of halogens is 1. The highest BCUT2D eigenvalue weighted by Gasteiger charge is 2.29. The third-order valence-electron chi connectivity index (χ3n) is 3.72. The smallest absolute Gasteiger partial charge is 0.408 e. The summed E-state index contributed by atoms with van der Waals surface area (Å²) in [7, 11) is 1.63. The lowest BCUT2D eigenvalue weighted by molar-refractivity contribution is -0.126. The Hall–Kier alpha value is -1.83. The van der Waals surface area contributed by atoms with Gasteiger partial charge in [-0.15, -0.1) is 12.4 Å². The van der Waals surface area contributed by atoms with Crippen molar-refractivity contribution in [1.82, 2.24) is 4.57 Å². The maximum atomic E-state index is 12.1. The van der Waals surface area contributed by atoms with Crippen LogP contribution in [0.5, 0.6) is 0 Å². The lowest BCUT2D eigenvalue weighted by Gasteiger charge is -2.12. The normalized spacial score (nSPS) is 20.8. The molecule has 0 unspecified atom stereocenters. The summed E-state index contributed by atoms with van der Waals surface area (Å²) in [5.41, 5.74) is 7.21. The van der Waals surface area contributed by atoms with Gasteiger partial charge in [-0.25, -0.2) is 4.79 Å². The Morgan fingerprint density at radius 2 is 2.23 bits per heavy atom. The molecular weight excluding hydrogens is 310 g/mol. The van der Waals surface area contributed by atoms with E-state index in [9.17, 15) is 9.59 Å². The average Bonchev–Trinajstić information content (AvgIpc) is 3.05. The van der Waals surface area contributed by atoms with Crippen molar-refractivity contribution in [2.24, 2.45) is 12.8 Å². The fourth-order valence-corrected chi connectivity index (χ4v) is 2.51. The molecule has 7 nitrogen and oxygen atoms in total. The van der Waals surface area contributed by atoms with Crippen molar-refractivity contribution in [2.45, 2.75) is 25.0 Å². The second kappa shape index (κ2) is 6.51. The Labute approximate surface area is 132 Å². The molecule has 0 radical (unpaired) electrons. The van der Waals surface area contributed by atoms with Crippen LogP contribution in [0, 0.1) is 0 Å². The van der Waals surface area contributed by atoms with E-state index in [2.05, 4.69) is 5.32 Å². The van der Waals surface area contributed by atoms with Crippen molar-refractivity contribution in [1.29, 1.82) is 0 Å². The van der Waals surface area contributed by atoms with Crippen LogP contribution in [-0.4, -0.2) is 29.2 Å². The first-order chi connectivity index (χ1) is 10.1. The Bertz CT molecular complexity index is 739. The first-order valence-electron chi connectivity index (χ1n) is 6.84. The summed E-state index contributed by atoms with van der Waals surface area (Å²) in [6.07, 6.45) is 0.935. The van der Waals surface area contributed by atoms with E-state index in [0.29, 0.717) is 29.8 Å². The predicted molar refractivity (Wildman–Crippen MR) is 84.3 cm³/mol. The number of carbonyl (C=O) groups excluding carboxylic acids is 1. The van der Waals surface area contributed by atoms with Gasteiger partial charge in [0.2, 0.25) is 0 Å².